The molecule has 7 nitrogen and oxygen atoms in total. The molecule has 0 radical (unpaired) electrons. The fourth-order valence-corrected chi connectivity index (χ4v) is 3.97. The van der Waals surface area contributed by atoms with Crippen LogP contribution in [-0.2, 0) is 31.6 Å². The molecular weight excluding hydrogens is 409 g/mol. The van der Waals surface area contributed by atoms with Crippen LogP contribution in [0.2, 0.25) is 0 Å². The monoisotopic (exact) mass is 433 g/mol. The predicted octanol–water partition coefficient (Wildman–Crippen LogP) is 1.04. The van der Waals surface area contributed by atoms with Crippen LogP contribution in [0.15, 0.2) is 59.5 Å². The van der Waals surface area contributed by atoms with Gasteiger partial charge in [-0.05, 0) is 36.2 Å². The molecule has 30 heavy (non-hydrogen) atoms. The first-order chi connectivity index (χ1) is 14.3. The smallest absolute Gasteiger partial charge is 0.243 e. The van der Waals surface area contributed by atoms with Crippen molar-refractivity contribution in [1.82, 2.24) is 10.6 Å². The lowest BCUT2D eigenvalue weighted by molar-refractivity contribution is -0.130. The molecule has 0 aliphatic carbocycles. The number of carbonyl (C=O) groups excluding carboxylic acids is 3. The second-order valence-corrected chi connectivity index (χ2v) is 8.27. The Labute approximate surface area is 176 Å². The highest BCUT2D eigenvalue weighted by Gasteiger charge is 2.26. The van der Waals surface area contributed by atoms with Gasteiger partial charge in [0.15, 0.2) is 0 Å². The predicted molar refractivity (Wildman–Crippen MR) is 111 cm³/mol. The van der Waals surface area contributed by atoms with Gasteiger partial charge < -0.3 is 16.4 Å². The second kappa shape index (κ2) is 11.2. The van der Waals surface area contributed by atoms with E-state index in [0.717, 1.165) is 0 Å². The van der Waals surface area contributed by atoms with Crippen molar-refractivity contribution < 1.29 is 23.0 Å². The number of halogens is 1. The van der Waals surface area contributed by atoms with E-state index in [4.69, 9.17) is 5.73 Å². The van der Waals surface area contributed by atoms with Crippen molar-refractivity contribution in [1.29, 1.82) is 0 Å². The second-order valence-electron chi connectivity index (χ2n) is 6.70. The lowest BCUT2D eigenvalue weighted by atomic mass is 10.0. The number of nitrogens with two attached hydrogens (primary N) is 1. The molecule has 2 rings (SSSR count). The Kier molecular flexibility index (Phi) is 8.67. The van der Waals surface area contributed by atoms with Crippen LogP contribution in [0.3, 0.4) is 0 Å². The van der Waals surface area contributed by atoms with Crippen LogP contribution in [0.5, 0.6) is 0 Å². The molecule has 0 spiro atoms. The molecule has 0 saturated heterocycles. The Bertz CT molecular complexity index is 923. The van der Waals surface area contributed by atoms with Crippen LogP contribution in [0.25, 0.3) is 0 Å². The van der Waals surface area contributed by atoms with Gasteiger partial charge in [-0.3, -0.25) is 18.6 Å². The number of primary amides is 1. The van der Waals surface area contributed by atoms with Gasteiger partial charge in [-0.25, -0.2) is 4.39 Å². The highest BCUT2D eigenvalue weighted by molar-refractivity contribution is 7.85. The summed E-state index contributed by atoms with van der Waals surface area (Å²) in [5.41, 5.74) is 5.90. The molecule has 4 N–H and O–H groups in total. The summed E-state index contributed by atoms with van der Waals surface area (Å²) in [4.78, 5) is 36.6. The molecule has 160 valence electrons. The average molecular weight is 434 g/mol. The number of hydrogen-bond donors (Lipinski definition) is 3. The maximum absolute atomic E-state index is 13.4. The Morgan fingerprint density at radius 2 is 1.73 bits per heavy atom. The summed E-state index contributed by atoms with van der Waals surface area (Å²) < 4.78 is 25.8. The Morgan fingerprint density at radius 3 is 2.33 bits per heavy atom. The summed E-state index contributed by atoms with van der Waals surface area (Å²) in [6.45, 7) is 1.25. The standard InChI is InChI=1S/C21H24FN3O4S/c1-14(26)24-19(13-15-6-5-7-16(22)12-15)21(28)25-18(20(23)27)10-11-30(29)17-8-3-2-4-9-17/h2-9,12,18-19H,10-11,13H2,1H3,(H2,23,27)(H,24,26)(H,25,28)/t18-,19+,30+/m0/s1. The number of benzene rings is 2. The van der Waals surface area contributed by atoms with Crippen LogP contribution < -0.4 is 16.4 Å². The summed E-state index contributed by atoms with van der Waals surface area (Å²) in [5, 5.41) is 5.00. The van der Waals surface area contributed by atoms with Gasteiger partial charge in [0.05, 0.1) is 10.8 Å². The van der Waals surface area contributed by atoms with Gasteiger partial charge in [0.1, 0.15) is 17.9 Å². The third-order valence-corrected chi connectivity index (χ3v) is 5.69. The highest BCUT2D eigenvalue weighted by Crippen LogP contribution is 2.10. The number of rotatable bonds is 10. The minimum Gasteiger partial charge on any atom is -0.368 e. The van der Waals surface area contributed by atoms with E-state index in [1.54, 1.807) is 36.4 Å². The summed E-state index contributed by atoms with van der Waals surface area (Å²) in [6, 6.07) is 12.3. The van der Waals surface area contributed by atoms with Gasteiger partial charge in [0.2, 0.25) is 17.7 Å². The first-order valence-electron chi connectivity index (χ1n) is 9.31. The van der Waals surface area contributed by atoms with E-state index in [9.17, 15) is 23.0 Å². The van der Waals surface area contributed by atoms with Crippen molar-refractivity contribution in [2.75, 3.05) is 5.75 Å². The summed E-state index contributed by atoms with van der Waals surface area (Å²) in [7, 11) is -1.36. The highest BCUT2D eigenvalue weighted by atomic mass is 32.2. The van der Waals surface area contributed by atoms with E-state index in [2.05, 4.69) is 10.6 Å². The van der Waals surface area contributed by atoms with Gasteiger partial charge >= 0.3 is 0 Å². The number of amides is 3. The molecular formula is C21H24FN3O4S. The van der Waals surface area contributed by atoms with Crippen molar-refractivity contribution in [2.24, 2.45) is 5.73 Å². The van der Waals surface area contributed by atoms with Crippen molar-refractivity contribution in [3.05, 3.63) is 66.0 Å². The molecule has 0 heterocycles. The molecule has 0 fully saturated rings. The zero-order valence-corrected chi connectivity index (χ0v) is 17.3. The van der Waals surface area contributed by atoms with E-state index in [0.29, 0.717) is 10.5 Å². The lowest BCUT2D eigenvalue weighted by Gasteiger charge is -2.21. The Balaban J connectivity index is 2.04. The van der Waals surface area contributed by atoms with Crippen LogP contribution in [0.4, 0.5) is 4.39 Å². The van der Waals surface area contributed by atoms with Gasteiger partial charge in [-0.1, -0.05) is 30.3 Å². The number of carbonyl (C=O) groups is 3. The Hall–Kier alpha value is -3.07. The van der Waals surface area contributed by atoms with Gasteiger partial charge in [0.25, 0.3) is 0 Å². The number of hydrogen-bond acceptors (Lipinski definition) is 4. The van der Waals surface area contributed by atoms with Crippen LogP contribution in [0, 0.1) is 5.82 Å². The molecule has 0 aromatic heterocycles. The average Bonchev–Trinajstić information content (AvgIpc) is 2.70. The zero-order chi connectivity index (χ0) is 22.1. The van der Waals surface area contributed by atoms with E-state index in [1.165, 1.54) is 25.1 Å². The molecule has 9 heteroatoms. The normalized spacial score (nSPS) is 13.7. The SMILES string of the molecule is CC(=O)N[C@H](Cc1cccc(F)c1)C(=O)N[C@@H](CC[S@@](=O)c1ccccc1)C(N)=O. The van der Waals surface area contributed by atoms with E-state index in [1.807, 2.05) is 0 Å². The van der Waals surface area contributed by atoms with Crippen molar-refractivity contribution in [3.8, 4) is 0 Å². The van der Waals surface area contributed by atoms with Gasteiger partial charge in [-0.2, -0.15) is 0 Å². The van der Waals surface area contributed by atoms with E-state index >= 15 is 0 Å². The first-order valence-corrected chi connectivity index (χ1v) is 10.6. The molecule has 0 unspecified atom stereocenters. The van der Waals surface area contributed by atoms with Gasteiger partial charge in [0, 0.05) is 24.0 Å². The molecule has 0 aliphatic rings. The van der Waals surface area contributed by atoms with Crippen LogP contribution in [0.1, 0.15) is 18.9 Å². The summed E-state index contributed by atoms with van der Waals surface area (Å²) >= 11 is 0. The molecule has 2 aromatic carbocycles. The third-order valence-electron chi connectivity index (χ3n) is 4.28. The largest absolute Gasteiger partial charge is 0.368 e. The van der Waals surface area contributed by atoms with Crippen molar-refractivity contribution >= 4 is 28.5 Å². The molecule has 0 saturated carbocycles. The molecule has 0 aliphatic heterocycles. The molecule has 3 amide bonds. The fraction of sp³-hybridized carbons (Fsp3) is 0.286. The summed E-state index contributed by atoms with van der Waals surface area (Å²) in [6.07, 6.45) is 0.0972. The molecule has 3 atom stereocenters. The minimum atomic E-state index is -1.36. The third kappa shape index (κ3) is 7.40. The first kappa shape index (κ1) is 23.2. The summed E-state index contributed by atoms with van der Waals surface area (Å²) in [5.74, 6) is -2.21. The van der Waals surface area contributed by atoms with Crippen molar-refractivity contribution in [3.63, 3.8) is 0 Å². The lowest BCUT2D eigenvalue weighted by Crippen LogP contribution is -2.53. The maximum atomic E-state index is 13.4. The maximum Gasteiger partial charge on any atom is 0.243 e. The van der Waals surface area contributed by atoms with Crippen molar-refractivity contribution in [2.45, 2.75) is 36.7 Å². The quantitative estimate of drug-likeness (QED) is 0.519. The molecule has 0 bridgehead atoms. The number of nitrogens with one attached hydrogen (secondary N) is 2. The zero-order valence-electron chi connectivity index (χ0n) is 16.5. The topological polar surface area (TPSA) is 118 Å². The van der Waals surface area contributed by atoms with Gasteiger partial charge in [-0.15, -0.1) is 0 Å². The minimum absolute atomic E-state index is 0.0323. The van der Waals surface area contributed by atoms with E-state index in [-0.39, 0.29) is 18.6 Å². The molecule has 2 aromatic rings. The van der Waals surface area contributed by atoms with E-state index < -0.39 is 46.4 Å². The Morgan fingerprint density at radius 1 is 1.03 bits per heavy atom. The fourth-order valence-electron chi connectivity index (χ4n) is 2.83. The van der Waals surface area contributed by atoms with Crippen LogP contribution >= 0.6 is 0 Å². The van der Waals surface area contributed by atoms with Crippen LogP contribution in [-0.4, -0.2) is 39.8 Å².